The Morgan fingerprint density at radius 1 is 1.42 bits per heavy atom. The maximum absolute atomic E-state index is 13.0. The van der Waals surface area contributed by atoms with Gasteiger partial charge in [0.2, 0.25) is 5.82 Å². The second-order valence-electron chi connectivity index (χ2n) is 4.71. The summed E-state index contributed by atoms with van der Waals surface area (Å²) in [5, 5.41) is 3.96. The average Bonchev–Trinajstić information content (AvgIpc) is 2.78. The standard InChI is InChI=1S/C13H14FN3O2/c1-18-13(5-2-6-13)12-16-11(19-17-12)9-4-3-8(14)7-10(9)15/h3-4,7H,2,5-6,15H2,1H3. The molecule has 0 bridgehead atoms. The van der Waals surface area contributed by atoms with Crippen molar-refractivity contribution in [1.82, 2.24) is 10.1 Å². The van der Waals surface area contributed by atoms with E-state index >= 15 is 0 Å². The van der Waals surface area contributed by atoms with Gasteiger partial charge in [-0.1, -0.05) is 5.16 Å². The quantitative estimate of drug-likeness (QED) is 0.861. The molecule has 0 unspecified atom stereocenters. The summed E-state index contributed by atoms with van der Waals surface area (Å²) in [6.07, 6.45) is 2.83. The first-order valence-electron chi connectivity index (χ1n) is 6.09. The summed E-state index contributed by atoms with van der Waals surface area (Å²) in [5.74, 6) is 0.421. The van der Waals surface area contributed by atoms with Crippen molar-refractivity contribution in [3.05, 3.63) is 29.8 Å². The number of ether oxygens (including phenoxy) is 1. The molecule has 1 aliphatic rings. The van der Waals surface area contributed by atoms with Crippen LogP contribution in [-0.2, 0) is 10.3 Å². The summed E-state index contributed by atoms with van der Waals surface area (Å²) in [6, 6.07) is 4.07. The van der Waals surface area contributed by atoms with Crippen molar-refractivity contribution in [3.63, 3.8) is 0 Å². The monoisotopic (exact) mass is 263 g/mol. The molecule has 1 fully saturated rings. The predicted molar refractivity (Wildman–Crippen MR) is 66.6 cm³/mol. The molecule has 100 valence electrons. The molecule has 1 aliphatic carbocycles. The predicted octanol–water partition coefficient (Wildman–Crippen LogP) is 2.48. The third-order valence-corrected chi connectivity index (χ3v) is 3.63. The molecular formula is C13H14FN3O2. The topological polar surface area (TPSA) is 74.2 Å². The normalized spacial score (nSPS) is 17.2. The van der Waals surface area contributed by atoms with Crippen LogP contribution in [0.5, 0.6) is 0 Å². The fourth-order valence-corrected chi connectivity index (χ4v) is 2.26. The SMILES string of the molecule is COC1(c2noc(-c3ccc(F)cc3N)n2)CCC1. The number of aromatic nitrogens is 2. The van der Waals surface area contributed by atoms with Crippen LogP contribution < -0.4 is 5.73 Å². The number of benzene rings is 1. The molecule has 2 aromatic rings. The van der Waals surface area contributed by atoms with E-state index in [2.05, 4.69) is 10.1 Å². The van der Waals surface area contributed by atoms with Crippen molar-refractivity contribution < 1.29 is 13.7 Å². The van der Waals surface area contributed by atoms with E-state index in [4.69, 9.17) is 15.0 Å². The molecular weight excluding hydrogens is 249 g/mol. The van der Waals surface area contributed by atoms with Crippen LogP contribution in [0.2, 0.25) is 0 Å². The van der Waals surface area contributed by atoms with Crippen LogP contribution in [0.1, 0.15) is 25.1 Å². The largest absolute Gasteiger partial charge is 0.398 e. The van der Waals surface area contributed by atoms with E-state index in [1.807, 2.05) is 0 Å². The van der Waals surface area contributed by atoms with Crippen molar-refractivity contribution in [2.45, 2.75) is 24.9 Å². The highest BCUT2D eigenvalue weighted by atomic mass is 19.1. The minimum atomic E-state index is -0.434. The fraction of sp³-hybridized carbons (Fsp3) is 0.385. The van der Waals surface area contributed by atoms with Gasteiger partial charge >= 0.3 is 0 Å². The lowest BCUT2D eigenvalue weighted by Gasteiger charge is -2.37. The summed E-state index contributed by atoms with van der Waals surface area (Å²) in [5.41, 5.74) is 6.12. The first-order valence-corrected chi connectivity index (χ1v) is 6.09. The Morgan fingerprint density at radius 2 is 2.21 bits per heavy atom. The number of hydrogen-bond acceptors (Lipinski definition) is 5. The van der Waals surface area contributed by atoms with Gasteiger partial charge in [0.25, 0.3) is 5.89 Å². The molecule has 3 rings (SSSR count). The Kier molecular flexibility index (Phi) is 2.74. The maximum Gasteiger partial charge on any atom is 0.260 e. The molecule has 1 aromatic heterocycles. The lowest BCUT2D eigenvalue weighted by atomic mass is 9.79. The summed E-state index contributed by atoms with van der Waals surface area (Å²) in [6.45, 7) is 0. The van der Waals surface area contributed by atoms with Gasteiger partial charge in [0.05, 0.1) is 5.56 Å². The van der Waals surface area contributed by atoms with Gasteiger partial charge in [-0.25, -0.2) is 4.39 Å². The van der Waals surface area contributed by atoms with Crippen LogP contribution in [0.4, 0.5) is 10.1 Å². The zero-order chi connectivity index (χ0) is 13.5. The Hall–Kier alpha value is -1.95. The van der Waals surface area contributed by atoms with Gasteiger partial charge in [0, 0.05) is 12.8 Å². The highest BCUT2D eigenvalue weighted by Gasteiger charge is 2.43. The number of nitrogen functional groups attached to an aromatic ring is 1. The molecule has 0 saturated heterocycles. The van der Waals surface area contributed by atoms with E-state index < -0.39 is 11.4 Å². The second kappa shape index (κ2) is 4.31. The van der Waals surface area contributed by atoms with Crippen LogP contribution in [-0.4, -0.2) is 17.3 Å². The highest BCUT2D eigenvalue weighted by molar-refractivity contribution is 5.70. The third kappa shape index (κ3) is 1.88. The van der Waals surface area contributed by atoms with Crippen LogP contribution in [0, 0.1) is 5.82 Å². The van der Waals surface area contributed by atoms with Crippen molar-refractivity contribution >= 4 is 5.69 Å². The molecule has 1 aromatic carbocycles. The minimum Gasteiger partial charge on any atom is -0.398 e. The molecule has 0 atom stereocenters. The molecule has 19 heavy (non-hydrogen) atoms. The summed E-state index contributed by atoms with van der Waals surface area (Å²) in [7, 11) is 1.64. The summed E-state index contributed by atoms with van der Waals surface area (Å²) >= 11 is 0. The van der Waals surface area contributed by atoms with E-state index in [0.29, 0.717) is 11.4 Å². The van der Waals surface area contributed by atoms with Crippen molar-refractivity contribution in [1.29, 1.82) is 0 Å². The van der Waals surface area contributed by atoms with Gasteiger partial charge in [-0.15, -0.1) is 0 Å². The number of rotatable bonds is 3. The Bertz CT molecular complexity index is 602. The van der Waals surface area contributed by atoms with E-state index in [9.17, 15) is 4.39 Å². The first-order chi connectivity index (χ1) is 9.14. The van der Waals surface area contributed by atoms with Gasteiger partial charge in [-0.05, 0) is 37.5 Å². The van der Waals surface area contributed by atoms with E-state index in [0.717, 1.165) is 19.3 Å². The minimum absolute atomic E-state index is 0.273. The van der Waals surface area contributed by atoms with Crippen LogP contribution >= 0.6 is 0 Å². The molecule has 6 heteroatoms. The van der Waals surface area contributed by atoms with Gasteiger partial charge in [-0.2, -0.15) is 4.98 Å². The fourth-order valence-electron chi connectivity index (χ4n) is 2.26. The average molecular weight is 263 g/mol. The third-order valence-electron chi connectivity index (χ3n) is 3.63. The lowest BCUT2D eigenvalue weighted by molar-refractivity contribution is -0.0858. The number of anilines is 1. The maximum atomic E-state index is 13.0. The van der Waals surface area contributed by atoms with E-state index in [-0.39, 0.29) is 11.6 Å². The molecule has 0 amide bonds. The Labute approximate surface area is 109 Å². The highest BCUT2D eigenvalue weighted by Crippen LogP contribution is 2.43. The molecule has 2 N–H and O–H groups in total. The Balaban J connectivity index is 1.97. The zero-order valence-corrected chi connectivity index (χ0v) is 10.5. The molecule has 1 saturated carbocycles. The van der Waals surface area contributed by atoms with E-state index in [1.54, 1.807) is 7.11 Å². The number of nitrogens with zero attached hydrogens (tertiary/aromatic N) is 2. The number of halogens is 1. The molecule has 0 aliphatic heterocycles. The number of nitrogens with two attached hydrogens (primary N) is 1. The van der Waals surface area contributed by atoms with Gasteiger partial charge in [-0.3, -0.25) is 0 Å². The van der Waals surface area contributed by atoms with Gasteiger partial charge in [0.1, 0.15) is 11.4 Å². The summed E-state index contributed by atoms with van der Waals surface area (Å²) < 4.78 is 23.7. The number of methoxy groups -OCH3 is 1. The van der Waals surface area contributed by atoms with Crippen molar-refractivity contribution in [3.8, 4) is 11.5 Å². The van der Waals surface area contributed by atoms with Gasteiger partial charge in [0.15, 0.2) is 0 Å². The van der Waals surface area contributed by atoms with Crippen molar-refractivity contribution in [2.24, 2.45) is 0 Å². The van der Waals surface area contributed by atoms with Crippen LogP contribution in [0.15, 0.2) is 22.7 Å². The molecule has 1 heterocycles. The second-order valence-corrected chi connectivity index (χ2v) is 4.71. The van der Waals surface area contributed by atoms with Crippen LogP contribution in [0.25, 0.3) is 11.5 Å². The summed E-state index contributed by atoms with van der Waals surface area (Å²) in [4.78, 5) is 4.33. The number of hydrogen-bond donors (Lipinski definition) is 1. The Morgan fingerprint density at radius 3 is 2.79 bits per heavy atom. The van der Waals surface area contributed by atoms with Gasteiger partial charge < -0.3 is 15.0 Å². The zero-order valence-electron chi connectivity index (χ0n) is 10.5. The molecule has 0 spiro atoms. The van der Waals surface area contributed by atoms with Crippen molar-refractivity contribution in [2.75, 3.05) is 12.8 Å². The molecule has 5 nitrogen and oxygen atoms in total. The first kappa shape index (κ1) is 12.1. The molecule has 0 radical (unpaired) electrons. The smallest absolute Gasteiger partial charge is 0.260 e. The van der Waals surface area contributed by atoms with Crippen LogP contribution in [0.3, 0.4) is 0 Å². The van der Waals surface area contributed by atoms with E-state index in [1.165, 1.54) is 18.2 Å². The lowest BCUT2D eigenvalue weighted by Crippen LogP contribution is -2.37.